The summed E-state index contributed by atoms with van der Waals surface area (Å²) in [6.45, 7) is 7.54. The topological polar surface area (TPSA) is 61.8 Å². The van der Waals surface area contributed by atoms with E-state index in [1.807, 2.05) is 0 Å². The molecule has 0 radical (unpaired) electrons. The van der Waals surface area contributed by atoms with E-state index in [1.165, 1.54) is 116 Å². The molecule has 0 saturated carbocycles. The van der Waals surface area contributed by atoms with Crippen LogP contribution in [0.3, 0.4) is 0 Å². The average molecular weight is 917 g/mol. The molecule has 0 saturated heterocycles. The van der Waals surface area contributed by atoms with Crippen LogP contribution in [0, 0.1) is 0 Å². The van der Waals surface area contributed by atoms with E-state index in [9.17, 15) is 9.59 Å². The minimum atomic E-state index is -0.568. The van der Waals surface area contributed by atoms with Crippen molar-refractivity contribution in [3.8, 4) is 0 Å². The maximum atomic E-state index is 12.8. The molecule has 1 atom stereocenters. The zero-order valence-corrected chi connectivity index (χ0v) is 43.4. The number of carbonyl (C=O) groups is 2. The van der Waals surface area contributed by atoms with Gasteiger partial charge in [-0.15, -0.1) is 0 Å². The van der Waals surface area contributed by atoms with Gasteiger partial charge >= 0.3 is 11.9 Å². The Balaban J connectivity index is 4.34. The maximum absolute atomic E-state index is 12.8. The molecule has 0 rings (SSSR count). The summed E-state index contributed by atoms with van der Waals surface area (Å²) in [6, 6.07) is 0. The number of allylic oxidation sites excluding steroid dienone is 16. The molecule has 0 aliphatic rings. The fraction of sp³-hybridized carbons (Fsp3) is 0.705. The summed E-state index contributed by atoms with van der Waals surface area (Å²) in [5.74, 6) is -0.465. The third kappa shape index (κ3) is 53.4. The number of unbranched alkanes of at least 4 members (excludes halogenated alkanes) is 23. The summed E-state index contributed by atoms with van der Waals surface area (Å²) in [6.07, 6.45) is 75.7. The zero-order chi connectivity index (χ0) is 47.7. The molecule has 5 nitrogen and oxygen atoms in total. The van der Waals surface area contributed by atoms with Gasteiger partial charge in [-0.1, -0.05) is 221 Å². The first-order valence-corrected chi connectivity index (χ1v) is 27.8. The van der Waals surface area contributed by atoms with E-state index in [0.717, 1.165) is 103 Å². The van der Waals surface area contributed by atoms with Gasteiger partial charge in [0, 0.05) is 19.4 Å². The van der Waals surface area contributed by atoms with Crippen molar-refractivity contribution in [1.82, 2.24) is 0 Å². The maximum Gasteiger partial charge on any atom is 0.306 e. The largest absolute Gasteiger partial charge is 0.462 e. The van der Waals surface area contributed by atoms with Crippen LogP contribution in [0.4, 0.5) is 0 Å². The lowest BCUT2D eigenvalue weighted by atomic mass is 10.1. The molecule has 1 unspecified atom stereocenters. The lowest BCUT2D eigenvalue weighted by molar-refractivity contribution is -0.163. The van der Waals surface area contributed by atoms with Gasteiger partial charge in [-0.3, -0.25) is 9.59 Å². The molecule has 0 fully saturated rings. The van der Waals surface area contributed by atoms with Crippen LogP contribution in [0.1, 0.15) is 252 Å². The second kappa shape index (κ2) is 56.1. The van der Waals surface area contributed by atoms with Crippen LogP contribution in [0.5, 0.6) is 0 Å². The second-order valence-electron chi connectivity index (χ2n) is 18.1. The van der Waals surface area contributed by atoms with Gasteiger partial charge < -0.3 is 14.2 Å². The van der Waals surface area contributed by atoms with Gasteiger partial charge in [0.1, 0.15) is 6.61 Å². The Bertz CT molecular complexity index is 1270. The highest BCUT2D eigenvalue weighted by atomic mass is 16.6. The highest BCUT2D eigenvalue weighted by Gasteiger charge is 2.17. The van der Waals surface area contributed by atoms with E-state index in [4.69, 9.17) is 14.2 Å². The van der Waals surface area contributed by atoms with E-state index in [2.05, 4.69) is 118 Å². The number of hydrogen-bond donors (Lipinski definition) is 0. The quantitative estimate of drug-likeness (QED) is 0.0346. The molecule has 0 amide bonds. The first-order valence-electron chi connectivity index (χ1n) is 27.8. The van der Waals surface area contributed by atoms with Gasteiger partial charge in [-0.2, -0.15) is 0 Å². The lowest BCUT2D eigenvalue weighted by Gasteiger charge is -2.18. The van der Waals surface area contributed by atoms with Crippen molar-refractivity contribution in [3.05, 3.63) is 97.2 Å². The molecule has 66 heavy (non-hydrogen) atoms. The van der Waals surface area contributed by atoms with Crippen molar-refractivity contribution >= 4 is 11.9 Å². The molecule has 0 bridgehead atoms. The Morgan fingerprint density at radius 1 is 0.348 bits per heavy atom. The predicted octanol–water partition coefficient (Wildman–Crippen LogP) is 19.0. The molecule has 0 aliphatic carbocycles. The molecular formula is C61H104O5. The van der Waals surface area contributed by atoms with Crippen LogP contribution in [0.25, 0.3) is 0 Å². The summed E-state index contributed by atoms with van der Waals surface area (Å²) < 4.78 is 17.4. The monoisotopic (exact) mass is 917 g/mol. The van der Waals surface area contributed by atoms with Gasteiger partial charge in [0.05, 0.1) is 6.61 Å². The first kappa shape index (κ1) is 62.8. The summed E-state index contributed by atoms with van der Waals surface area (Å²) >= 11 is 0. The van der Waals surface area contributed by atoms with Crippen molar-refractivity contribution in [2.45, 2.75) is 258 Å². The fourth-order valence-electron chi connectivity index (χ4n) is 7.51. The standard InChI is InChI=1S/C61H104O5/c1-4-7-10-13-16-19-22-25-28-29-30-31-32-35-38-41-44-47-50-53-56-64-57-59(66-61(63)55-52-49-46-43-40-37-34-27-24-21-18-15-12-9-6-3)58-65-60(62)54-51-48-45-42-39-36-33-26-23-20-17-14-11-8-5-2/h8-9,11-12,17-18,20-21,25-28,33-34,39,42,59H,4-7,10,13-16,19,22-24,29-32,35-38,40-41,43-58H2,1-3H3/b11-8-,12-9-,20-17-,21-18-,28-25-,33-26-,34-27-,42-39-. The normalized spacial score (nSPS) is 13.0. The molecular weight excluding hydrogens is 813 g/mol. The summed E-state index contributed by atoms with van der Waals surface area (Å²) in [5.41, 5.74) is 0. The minimum Gasteiger partial charge on any atom is -0.462 e. The number of rotatable bonds is 50. The van der Waals surface area contributed by atoms with Crippen molar-refractivity contribution < 1.29 is 23.8 Å². The van der Waals surface area contributed by atoms with Crippen LogP contribution in [0.2, 0.25) is 0 Å². The van der Waals surface area contributed by atoms with Gasteiger partial charge in [0.2, 0.25) is 0 Å². The average Bonchev–Trinajstić information content (AvgIpc) is 3.32. The predicted molar refractivity (Wildman–Crippen MR) is 288 cm³/mol. The van der Waals surface area contributed by atoms with Crippen LogP contribution in [-0.4, -0.2) is 37.9 Å². The Morgan fingerprint density at radius 2 is 0.682 bits per heavy atom. The lowest BCUT2D eigenvalue weighted by Crippen LogP contribution is -2.30. The Morgan fingerprint density at radius 3 is 1.14 bits per heavy atom. The molecule has 0 aliphatic heterocycles. The summed E-state index contributed by atoms with van der Waals surface area (Å²) in [7, 11) is 0. The van der Waals surface area contributed by atoms with E-state index >= 15 is 0 Å². The number of ether oxygens (including phenoxy) is 3. The van der Waals surface area contributed by atoms with Gasteiger partial charge in [-0.25, -0.2) is 0 Å². The first-order chi connectivity index (χ1) is 32.6. The van der Waals surface area contributed by atoms with E-state index in [0.29, 0.717) is 19.4 Å². The molecule has 0 N–H and O–H groups in total. The molecule has 378 valence electrons. The van der Waals surface area contributed by atoms with Crippen LogP contribution in [0.15, 0.2) is 97.2 Å². The molecule has 5 heteroatoms. The molecule has 0 aromatic rings. The van der Waals surface area contributed by atoms with E-state index in [1.54, 1.807) is 0 Å². The third-order valence-corrected chi connectivity index (χ3v) is 11.6. The van der Waals surface area contributed by atoms with Crippen molar-refractivity contribution in [2.24, 2.45) is 0 Å². The minimum absolute atomic E-state index is 0.0522. The smallest absolute Gasteiger partial charge is 0.306 e. The second-order valence-corrected chi connectivity index (χ2v) is 18.1. The molecule has 0 aromatic carbocycles. The third-order valence-electron chi connectivity index (χ3n) is 11.6. The number of esters is 2. The summed E-state index contributed by atoms with van der Waals surface area (Å²) in [5, 5.41) is 0. The molecule has 0 heterocycles. The molecule has 0 spiro atoms. The Labute approximate surface area is 409 Å². The Kier molecular flexibility index (Phi) is 53.4. The van der Waals surface area contributed by atoms with Crippen LogP contribution >= 0.6 is 0 Å². The van der Waals surface area contributed by atoms with Gasteiger partial charge in [0.15, 0.2) is 6.10 Å². The van der Waals surface area contributed by atoms with Crippen LogP contribution < -0.4 is 0 Å². The van der Waals surface area contributed by atoms with Gasteiger partial charge in [0.25, 0.3) is 0 Å². The highest BCUT2D eigenvalue weighted by Crippen LogP contribution is 2.14. The zero-order valence-electron chi connectivity index (χ0n) is 43.4. The van der Waals surface area contributed by atoms with Crippen molar-refractivity contribution in [1.29, 1.82) is 0 Å². The Hall–Kier alpha value is -3.18. The van der Waals surface area contributed by atoms with E-state index in [-0.39, 0.29) is 25.2 Å². The number of hydrogen-bond acceptors (Lipinski definition) is 5. The van der Waals surface area contributed by atoms with Gasteiger partial charge in [-0.05, 0) is 116 Å². The van der Waals surface area contributed by atoms with Crippen molar-refractivity contribution in [3.63, 3.8) is 0 Å². The SMILES string of the molecule is CC/C=C\C/C=C\C/C=C\C/C=C\CCCCC(=O)OCC(COCCCCCCCCCCCC/C=C\CCCCCCCC)OC(=O)CCCCCCC/C=C\C/C=C\C/C=C\CC. The van der Waals surface area contributed by atoms with E-state index < -0.39 is 6.10 Å². The highest BCUT2D eigenvalue weighted by molar-refractivity contribution is 5.70. The fourth-order valence-corrected chi connectivity index (χ4v) is 7.51. The van der Waals surface area contributed by atoms with Crippen molar-refractivity contribution in [2.75, 3.05) is 19.8 Å². The molecule has 0 aromatic heterocycles. The van der Waals surface area contributed by atoms with Crippen LogP contribution in [-0.2, 0) is 23.8 Å². The summed E-state index contributed by atoms with van der Waals surface area (Å²) in [4.78, 5) is 25.4. The number of carbonyl (C=O) groups excluding carboxylic acids is 2.